The van der Waals surface area contributed by atoms with E-state index in [0.29, 0.717) is 26.2 Å². The third kappa shape index (κ3) is 4.03. The Morgan fingerprint density at radius 1 is 0.821 bits per heavy atom. The molecule has 28 heavy (non-hydrogen) atoms. The lowest BCUT2D eigenvalue weighted by Gasteiger charge is -2.36. The lowest BCUT2D eigenvalue weighted by Crippen LogP contribution is -2.50. The summed E-state index contributed by atoms with van der Waals surface area (Å²) in [5.74, 6) is -0.103. The maximum Gasteiger partial charge on any atom is 0.232 e. The number of anilines is 1. The van der Waals surface area contributed by atoms with Crippen LogP contribution in [0.25, 0.3) is 0 Å². The molecule has 2 aromatic carbocycles. The number of hydrogen-bond acceptors (Lipinski definition) is 3. The first kappa shape index (κ1) is 18.5. The molecule has 0 atom stereocenters. The SMILES string of the molecule is Cc1cccc(N2CCN(C(=O)CC(=O)N3CCc4ccccc4C3)CC2)c1. The molecule has 1 saturated heterocycles. The molecule has 146 valence electrons. The number of fused-ring (bicyclic) bond motifs is 1. The zero-order valence-electron chi connectivity index (χ0n) is 16.4. The molecule has 5 nitrogen and oxygen atoms in total. The van der Waals surface area contributed by atoms with Gasteiger partial charge in [0.2, 0.25) is 11.8 Å². The molecule has 2 heterocycles. The minimum Gasteiger partial charge on any atom is -0.368 e. The first-order chi connectivity index (χ1) is 13.6. The van der Waals surface area contributed by atoms with E-state index in [-0.39, 0.29) is 18.2 Å². The van der Waals surface area contributed by atoms with Crippen molar-refractivity contribution in [1.82, 2.24) is 9.80 Å². The average molecular weight is 377 g/mol. The molecular formula is C23H27N3O2. The van der Waals surface area contributed by atoms with Crippen LogP contribution in [-0.2, 0) is 22.6 Å². The van der Waals surface area contributed by atoms with E-state index in [1.54, 1.807) is 0 Å². The molecule has 2 aliphatic rings. The molecule has 0 unspecified atom stereocenters. The Hall–Kier alpha value is -2.82. The molecule has 0 bridgehead atoms. The summed E-state index contributed by atoms with van der Waals surface area (Å²) in [7, 11) is 0. The number of carbonyl (C=O) groups is 2. The highest BCUT2D eigenvalue weighted by molar-refractivity contribution is 5.97. The van der Waals surface area contributed by atoms with Crippen LogP contribution in [0.4, 0.5) is 5.69 Å². The summed E-state index contributed by atoms with van der Waals surface area (Å²) in [5.41, 5.74) is 4.95. The minimum absolute atomic E-state index is 0.0212. The molecule has 5 heteroatoms. The summed E-state index contributed by atoms with van der Waals surface area (Å²) in [6.45, 7) is 6.36. The highest BCUT2D eigenvalue weighted by Gasteiger charge is 2.26. The van der Waals surface area contributed by atoms with Gasteiger partial charge >= 0.3 is 0 Å². The Morgan fingerprint density at radius 3 is 2.29 bits per heavy atom. The van der Waals surface area contributed by atoms with E-state index in [1.807, 2.05) is 21.9 Å². The van der Waals surface area contributed by atoms with Crippen LogP contribution < -0.4 is 4.90 Å². The van der Waals surface area contributed by atoms with Gasteiger partial charge in [-0.05, 0) is 42.2 Å². The second-order valence-electron chi connectivity index (χ2n) is 7.72. The number of amides is 2. The van der Waals surface area contributed by atoms with E-state index in [0.717, 1.165) is 19.5 Å². The van der Waals surface area contributed by atoms with Crippen LogP contribution in [0.5, 0.6) is 0 Å². The molecule has 2 amide bonds. The van der Waals surface area contributed by atoms with Gasteiger partial charge in [0.1, 0.15) is 6.42 Å². The first-order valence-electron chi connectivity index (χ1n) is 10.0. The van der Waals surface area contributed by atoms with E-state index < -0.39 is 0 Å². The third-order valence-corrected chi connectivity index (χ3v) is 5.78. The normalized spacial score (nSPS) is 16.7. The van der Waals surface area contributed by atoms with E-state index in [4.69, 9.17) is 0 Å². The molecule has 0 aromatic heterocycles. The van der Waals surface area contributed by atoms with Gasteiger partial charge in [-0.25, -0.2) is 0 Å². The maximum absolute atomic E-state index is 12.7. The van der Waals surface area contributed by atoms with Crippen molar-refractivity contribution >= 4 is 17.5 Å². The summed E-state index contributed by atoms with van der Waals surface area (Å²) < 4.78 is 0. The van der Waals surface area contributed by atoms with Crippen molar-refractivity contribution in [2.75, 3.05) is 37.6 Å². The predicted molar refractivity (Wildman–Crippen MR) is 110 cm³/mol. The van der Waals surface area contributed by atoms with Gasteiger partial charge in [0, 0.05) is 45.0 Å². The van der Waals surface area contributed by atoms with E-state index >= 15 is 0 Å². The van der Waals surface area contributed by atoms with Crippen LogP contribution in [0.1, 0.15) is 23.1 Å². The largest absolute Gasteiger partial charge is 0.368 e. The van der Waals surface area contributed by atoms with Crippen LogP contribution in [0.15, 0.2) is 48.5 Å². The molecule has 0 aliphatic carbocycles. The summed E-state index contributed by atoms with van der Waals surface area (Å²) in [6.07, 6.45) is 0.845. The standard InChI is InChI=1S/C23H27N3O2/c1-18-5-4-8-21(15-18)24-11-13-25(14-12-24)22(27)16-23(28)26-10-9-19-6-2-3-7-20(19)17-26/h2-8,15H,9-14,16-17H2,1H3. The zero-order chi connectivity index (χ0) is 19.5. The predicted octanol–water partition coefficient (Wildman–Crippen LogP) is 2.62. The molecule has 2 aliphatic heterocycles. The van der Waals surface area contributed by atoms with Gasteiger partial charge < -0.3 is 14.7 Å². The Kier molecular flexibility index (Phi) is 5.33. The summed E-state index contributed by atoms with van der Waals surface area (Å²) in [4.78, 5) is 31.3. The number of aryl methyl sites for hydroxylation is 1. The van der Waals surface area contributed by atoms with Crippen LogP contribution >= 0.6 is 0 Å². The topological polar surface area (TPSA) is 43.9 Å². The Labute approximate surface area is 166 Å². The number of piperazine rings is 1. The van der Waals surface area contributed by atoms with Crippen molar-refractivity contribution in [3.8, 4) is 0 Å². The molecule has 2 aromatic rings. The monoisotopic (exact) mass is 377 g/mol. The Bertz CT molecular complexity index is 872. The third-order valence-electron chi connectivity index (χ3n) is 5.78. The molecule has 0 saturated carbocycles. The minimum atomic E-state index is -0.0550. The van der Waals surface area contributed by atoms with Crippen molar-refractivity contribution < 1.29 is 9.59 Å². The van der Waals surface area contributed by atoms with Gasteiger partial charge in [0.15, 0.2) is 0 Å². The molecular weight excluding hydrogens is 350 g/mol. The molecule has 1 fully saturated rings. The smallest absolute Gasteiger partial charge is 0.232 e. The van der Waals surface area contributed by atoms with E-state index in [2.05, 4.69) is 48.2 Å². The van der Waals surface area contributed by atoms with Gasteiger partial charge in [-0.2, -0.15) is 0 Å². The van der Waals surface area contributed by atoms with Crippen molar-refractivity contribution in [2.45, 2.75) is 26.3 Å². The quantitative estimate of drug-likeness (QED) is 0.773. The lowest BCUT2D eigenvalue weighted by atomic mass is 10.00. The van der Waals surface area contributed by atoms with Gasteiger partial charge in [0.05, 0.1) is 0 Å². The van der Waals surface area contributed by atoms with Crippen molar-refractivity contribution in [3.63, 3.8) is 0 Å². The molecule has 0 N–H and O–H groups in total. The fourth-order valence-corrected chi connectivity index (χ4v) is 4.10. The summed E-state index contributed by atoms with van der Waals surface area (Å²) in [6, 6.07) is 16.7. The van der Waals surface area contributed by atoms with Crippen molar-refractivity contribution in [1.29, 1.82) is 0 Å². The number of carbonyl (C=O) groups excluding carboxylic acids is 2. The highest BCUT2D eigenvalue weighted by atomic mass is 16.2. The Balaban J connectivity index is 1.29. The number of benzene rings is 2. The van der Waals surface area contributed by atoms with Gasteiger partial charge in [-0.1, -0.05) is 36.4 Å². The molecule has 0 spiro atoms. The van der Waals surface area contributed by atoms with Crippen LogP contribution in [0.3, 0.4) is 0 Å². The fourth-order valence-electron chi connectivity index (χ4n) is 4.10. The second-order valence-corrected chi connectivity index (χ2v) is 7.72. The van der Waals surface area contributed by atoms with Crippen molar-refractivity contribution in [3.05, 3.63) is 65.2 Å². The van der Waals surface area contributed by atoms with Gasteiger partial charge in [-0.3, -0.25) is 9.59 Å². The van der Waals surface area contributed by atoms with Gasteiger partial charge in [-0.15, -0.1) is 0 Å². The summed E-state index contributed by atoms with van der Waals surface area (Å²) in [5, 5.41) is 0. The number of rotatable bonds is 3. The lowest BCUT2D eigenvalue weighted by molar-refractivity contribution is -0.141. The molecule has 0 radical (unpaired) electrons. The van der Waals surface area contributed by atoms with Crippen LogP contribution in [0, 0.1) is 6.92 Å². The second kappa shape index (κ2) is 8.05. The Morgan fingerprint density at radius 2 is 1.54 bits per heavy atom. The van der Waals surface area contributed by atoms with Crippen molar-refractivity contribution in [2.24, 2.45) is 0 Å². The number of hydrogen-bond donors (Lipinski definition) is 0. The van der Waals surface area contributed by atoms with E-state index in [1.165, 1.54) is 22.4 Å². The van der Waals surface area contributed by atoms with Crippen LogP contribution in [0.2, 0.25) is 0 Å². The fraction of sp³-hybridized carbons (Fsp3) is 0.391. The van der Waals surface area contributed by atoms with Gasteiger partial charge in [0.25, 0.3) is 0 Å². The number of nitrogens with zero attached hydrogens (tertiary/aromatic N) is 3. The zero-order valence-corrected chi connectivity index (χ0v) is 16.4. The first-order valence-corrected chi connectivity index (χ1v) is 10.0. The average Bonchev–Trinajstić information content (AvgIpc) is 2.73. The summed E-state index contributed by atoms with van der Waals surface area (Å²) >= 11 is 0. The highest BCUT2D eigenvalue weighted by Crippen LogP contribution is 2.20. The maximum atomic E-state index is 12.7. The van der Waals surface area contributed by atoms with E-state index in [9.17, 15) is 9.59 Å². The molecule has 4 rings (SSSR count). The van der Waals surface area contributed by atoms with Crippen LogP contribution in [-0.4, -0.2) is 54.3 Å².